The van der Waals surface area contributed by atoms with Crippen molar-refractivity contribution in [2.75, 3.05) is 0 Å². The van der Waals surface area contributed by atoms with E-state index in [-0.39, 0.29) is 12.3 Å². The van der Waals surface area contributed by atoms with Crippen LogP contribution >= 0.6 is 0 Å². The summed E-state index contributed by atoms with van der Waals surface area (Å²) in [6, 6.07) is 15.5. The zero-order valence-corrected chi connectivity index (χ0v) is 23.5. The Morgan fingerprint density at radius 3 is 1.93 bits per heavy atom. The van der Waals surface area contributed by atoms with Gasteiger partial charge < -0.3 is 20.3 Å². The van der Waals surface area contributed by atoms with Gasteiger partial charge in [-0.1, -0.05) is 92.8 Å². The SMILES string of the molecule is CC(C)(C)OC(=O)N(C(=O)[C@@H](N)CC(=O)O)[C@@H](CC1CCCCC1)C(=O)OC(c1ccccc1)c1ccccc1. The molecule has 3 rings (SSSR count). The van der Waals surface area contributed by atoms with E-state index in [4.69, 9.17) is 15.2 Å². The molecule has 1 saturated carbocycles. The summed E-state index contributed by atoms with van der Waals surface area (Å²) in [5, 5.41) is 9.26. The standard InChI is InChI=1S/C31H40N2O7/c1-31(2,3)40-30(38)33(28(36)24(32)20-26(34)35)25(19-21-13-7-4-8-14-21)29(37)39-27(22-15-9-5-10-16-22)23-17-11-6-12-18-23/h5-6,9-12,15-18,21,24-25,27H,4,7-8,13-14,19-20,32H2,1-3H3,(H,34,35)/t24-,25-/m0/s1. The van der Waals surface area contributed by atoms with E-state index < -0.39 is 54.1 Å². The van der Waals surface area contributed by atoms with Crippen LogP contribution in [-0.2, 0) is 23.9 Å². The van der Waals surface area contributed by atoms with E-state index in [2.05, 4.69) is 0 Å². The summed E-state index contributed by atoms with van der Waals surface area (Å²) < 4.78 is 11.6. The number of amides is 2. The van der Waals surface area contributed by atoms with Crippen LogP contribution in [0.1, 0.15) is 82.9 Å². The highest BCUT2D eigenvalue weighted by Gasteiger charge is 2.43. The van der Waals surface area contributed by atoms with Crippen LogP contribution in [0.25, 0.3) is 0 Å². The molecule has 0 aromatic heterocycles. The molecule has 1 aliphatic rings. The van der Waals surface area contributed by atoms with Crippen LogP contribution in [0.4, 0.5) is 4.79 Å². The minimum atomic E-state index is -1.55. The van der Waals surface area contributed by atoms with Gasteiger partial charge in [0.25, 0.3) is 0 Å². The van der Waals surface area contributed by atoms with Crippen molar-refractivity contribution < 1.29 is 33.8 Å². The minimum Gasteiger partial charge on any atom is -0.481 e. The fourth-order valence-electron chi connectivity index (χ4n) is 4.96. The Labute approximate surface area is 235 Å². The van der Waals surface area contributed by atoms with Crippen molar-refractivity contribution >= 4 is 23.9 Å². The molecule has 0 spiro atoms. The molecule has 1 fully saturated rings. The van der Waals surface area contributed by atoms with Gasteiger partial charge in [0.15, 0.2) is 6.10 Å². The lowest BCUT2D eigenvalue weighted by molar-refractivity contribution is -0.159. The molecule has 0 saturated heterocycles. The summed E-state index contributed by atoms with van der Waals surface area (Å²) in [6.07, 6.45) is 2.29. The molecule has 0 radical (unpaired) electrons. The van der Waals surface area contributed by atoms with Gasteiger partial charge in [-0.25, -0.2) is 14.5 Å². The first-order chi connectivity index (χ1) is 19.0. The van der Waals surface area contributed by atoms with Crippen molar-refractivity contribution in [2.45, 2.75) is 89.5 Å². The number of rotatable bonds is 10. The number of imide groups is 1. The maximum atomic E-state index is 14.1. The number of carbonyl (C=O) groups excluding carboxylic acids is 3. The molecule has 0 heterocycles. The van der Waals surface area contributed by atoms with E-state index in [0.29, 0.717) is 4.90 Å². The molecule has 0 aliphatic heterocycles. The highest BCUT2D eigenvalue weighted by molar-refractivity contribution is 6.00. The normalized spacial score (nSPS) is 15.6. The van der Waals surface area contributed by atoms with Crippen molar-refractivity contribution in [1.29, 1.82) is 0 Å². The summed E-state index contributed by atoms with van der Waals surface area (Å²) >= 11 is 0. The first-order valence-corrected chi connectivity index (χ1v) is 13.8. The Hall–Kier alpha value is -3.72. The Morgan fingerprint density at radius 1 is 0.925 bits per heavy atom. The Balaban J connectivity index is 2.03. The number of carboxylic acids is 1. The van der Waals surface area contributed by atoms with E-state index in [9.17, 15) is 24.3 Å². The van der Waals surface area contributed by atoms with Gasteiger partial charge in [-0.15, -0.1) is 0 Å². The van der Waals surface area contributed by atoms with Gasteiger partial charge in [0.2, 0.25) is 5.91 Å². The zero-order valence-electron chi connectivity index (χ0n) is 23.5. The lowest BCUT2D eigenvalue weighted by atomic mass is 9.84. The minimum absolute atomic E-state index is 0.0617. The Bertz CT molecular complexity index is 1100. The van der Waals surface area contributed by atoms with E-state index in [0.717, 1.165) is 43.2 Å². The summed E-state index contributed by atoms with van der Waals surface area (Å²) in [6.45, 7) is 4.92. The average molecular weight is 553 g/mol. The smallest absolute Gasteiger partial charge is 0.417 e. The van der Waals surface area contributed by atoms with Crippen LogP contribution in [0.3, 0.4) is 0 Å². The molecule has 2 aromatic carbocycles. The summed E-state index contributed by atoms with van der Waals surface area (Å²) in [7, 11) is 0. The van der Waals surface area contributed by atoms with Gasteiger partial charge in [-0.05, 0) is 44.2 Å². The molecular formula is C31H40N2O7. The van der Waals surface area contributed by atoms with Gasteiger partial charge in [0.05, 0.1) is 12.5 Å². The molecule has 216 valence electrons. The number of hydrogen-bond acceptors (Lipinski definition) is 7. The number of carbonyl (C=O) groups is 4. The Morgan fingerprint density at radius 2 is 1.45 bits per heavy atom. The monoisotopic (exact) mass is 552 g/mol. The van der Waals surface area contributed by atoms with Crippen LogP contribution in [0, 0.1) is 5.92 Å². The number of nitrogens with zero attached hydrogens (tertiary/aromatic N) is 1. The third kappa shape index (κ3) is 8.91. The lowest BCUT2D eigenvalue weighted by Crippen LogP contribution is -2.56. The number of aliphatic carboxylic acids is 1. The number of ether oxygens (including phenoxy) is 2. The van der Waals surface area contributed by atoms with Crippen molar-refractivity contribution in [3.05, 3.63) is 71.8 Å². The molecule has 0 bridgehead atoms. The second-order valence-corrected chi connectivity index (χ2v) is 11.3. The number of benzene rings is 2. The fraction of sp³-hybridized carbons (Fsp3) is 0.484. The predicted molar refractivity (Wildman–Crippen MR) is 149 cm³/mol. The molecule has 2 atom stereocenters. The predicted octanol–water partition coefficient (Wildman–Crippen LogP) is 5.22. The molecule has 2 aromatic rings. The fourth-order valence-corrected chi connectivity index (χ4v) is 4.96. The van der Waals surface area contributed by atoms with E-state index in [1.807, 2.05) is 60.7 Å². The summed E-state index contributed by atoms with van der Waals surface area (Å²) in [5.41, 5.74) is 6.40. The third-order valence-corrected chi connectivity index (χ3v) is 6.84. The van der Waals surface area contributed by atoms with Crippen molar-refractivity contribution in [3.8, 4) is 0 Å². The number of nitrogens with two attached hydrogens (primary N) is 1. The number of esters is 1. The van der Waals surface area contributed by atoms with Crippen molar-refractivity contribution in [2.24, 2.45) is 11.7 Å². The lowest BCUT2D eigenvalue weighted by Gasteiger charge is -2.35. The number of hydrogen-bond donors (Lipinski definition) is 2. The first-order valence-electron chi connectivity index (χ1n) is 13.8. The molecular weight excluding hydrogens is 512 g/mol. The van der Waals surface area contributed by atoms with Gasteiger partial charge >= 0.3 is 18.0 Å². The first kappa shape index (κ1) is 30.8. The molecule has 40 heavy (non-hydrogen) atoms. The highest BCUT2D eigenvalue weighted by Crippen LogP contribution is 2.32. The molecule has 9 heteroatoms. The topological polar surface area (TPSA) is 136 Å². The number of carboxylic acid groups (broad SMARTS) is 1. The Kier molecular flexibility index (Phi) is 10.8. The molecule has 1 aliphatic carbocycles. The largest absolute Gasteiger partial charge is 0.481 e. The summed E-state index contributed by atoms with van der Waals surface area (Å²) in [5.74, 6) is -3.02. The van der Waals surface area contributed by atoms with Crippen LogP contribution in [0.5, 0.6) is 0 Å². The van der Waals surface area contributed by atoms with Gasteiger partial charge in [0, 0.05) is 0 Å². The molecule has 2 amide bonds. The van der Waals surface area contributed by atoms with E-state index >= 15 is 0 Å². The van der Waals surface area contributed by atoms with Crippen LogP contribution < -0.4 is 5.73 Å². The van der Waals surface area contributed by atoms with E-state index in [1.54, 1.807) is 20.8 Å². The second kappa shape index (κ2) is 14.1. The second-order valence-electron chi connectivity index (χ2n) is 11.3. The average Bonchev–Trinajstić information content (AvgIpc) is 2.91. The maximum Gasteiger partial charge on any atom is 0.417 e. The quantitative estimate of drug-likeness (QED) is 0.383. The molecule has 3 N–H and O–H groups in total. The zero-order chi connectivity index (χ0) is 29.3. The highest BCUT2D eigenvalue weighted by atomic mass is 16.6. The van der Waals surface area contributed by atoms with Gasteiger partial charge in [-0.2, -0.15) is 0 Å². The van der Waals surface area contributed by atoms with Crippen LogP contribution in [0.2, 0.25) is 0 Å². The van der Waals surface area contributed by atoms with Crippen LogP contribution in [0.15, 0.2) is 60.7 Å². The van der Waals surface area contributed by atoms with Crippen molar-refractivity contribution in [1.82, 2.24) is 4.90 Å². The third-order valence-electron chi connectivity index (χ3n) is 6.84. The molecule has 9 nitrogen and oxygen atoms in total. The van der Waals surface area contributed by atoms with Gasteiger partial charge in [0.1, 0.15) is 11.6 Å². The summed E-state index contributed by atoms with van der Waals surface area (Å²) in [4.78, 5) is 53.1. The van der Waals surface area contributed by atoms with Gasteiger partial charge in [-0.3, -0.25) is 9.59 Å². The van der Waals surface area contributed by atoms with Crippen LogP contribution in [-0.4, -0.2) is 51.6 Å². The maximum absolute atomic E-state index is 14.1. The molecule has 0 unspecified atom stereocenters. The van der Waals surface area contributed by atoms with Crippen molar-refractivity contribution in [3.63, 3.8) is 0 Å². The van der Waals surface area contributed by atoms with E-state index in [1.165, 1.54) is 0 Å².